The van der Waals surface area contributed by atoms with Crippen molar-refractivity contribution < 1.29 is 4.74 Å². The van der Waals surface area contributed by atoms with E-state index in [-0.39, 0.29) is 10.9 Å². The maximum atomic E-state index is 13.0. The van der Waals surface area contributed by atoms with Crippen LogP contribution in [0.4, 0.5) is 0 Å². The van der Waals surface area contributed by atoms with Crippen LogP contribution in [0.1, 0.15) is 5.56 Å². The highest BCUT2D eigenvalue weighted by molar-refractivity contribution is 6.03. The predicted octanol–water partition coefficient (Wildman–Crippen LogP) is 3.99. The standard InChI is InChI=1S/C22H16N2O3/c1-11-6-7-16-13(8-11)22(26)14-10-18-15(9-17(14)23-16)21(25)12-4-3-5-19(27-2)20(12)24-18/h3-10H,1-2H3,(H,23,26)(H,24,25). The zero-order valence-electron chi connectivity index (χ0n) is 14.8. The minimum Gasteiger partial charge on any atom is -0.495 e. The first-order valence-corrected chi connectivity index (χ1v) is 8.66. The van der Waals surface area contributed by atoms with Gasteiger partial charge in [-0.05, 0) is 43.3 Å². The average molecular weight is 356 g/mol. The molecule has 0 unspecified atom stereocenters. The number of methoxy groups -OCH3 is 1. The number of hydrogen-bond acceptors (Lipinski definition) is 3. The molecule has 0 amide bonds. The van der Waals surface area contributed by atoms with E-state index >= 15 is 0 Å². The highest BCUT2D eigenvalue weighted by Crippen LogP contribution is 2.26. The fourth-order valence-corrected chi connectivity index (χ4v) is 3.73. The first-order chi connectivity index (χ1) is 13.1. The Morgan fingerprint density at radius 2 is 1.41 bits per heavy atom. The molecule has 5 heteroatoms. The molecule has 0 spiro atoms. The van der Waals surface area contributed by atoms with E-state index in [0.29, 0.717) is 43.8 Å². The van der Waals surface area contributed by atoms with E-state index in [1.54, 1.807) is 37.4 Å². The van der Waals surface area contributed by atoms with Crippen LogP contribution in [0, 0.1) is 6.92 Å². The second-order valence-electron chi connectivity index (χ2n) is 6.78. The Morgan fingerprint density at radius 3 is 2.15 bits per heavy atom. The van der Waals surface area contributed by atoms with Gasteiger partial charge in [0, 0.05) is 27.1 Å². The molecule has 0 aliphatic carbocycles. The van der Waals surface area contributed by atoms with Gasteiger partial charge in [0.05, 0.1) is 23.7 Å². The third-order valence-corrected chi connectivity index (χ3v) is 5.09. The minimum atomic E-state index is -0.0931. The summed E-state index contributed by atoms with van der Waals surface area (Å²) in [4.78, 5) is 32.6. The van der Waals surface area contributed by atoms with Gasteiger partial charge < -0.3 is 14.7 Å². The van der Waals surface area contributed by atoms with Crippen molar-refractivity contribution in [1.82, 2.24) is 9.97 Å². The highest BCUT2D eigenvalue weighted by atomic mass is 16.5. The highest BCUT2D eigenvalue weighted by Gasteiger charge is 2.12. The van der Waals surface area contributed by atoms with Gasteiger partial charge in [-0.25, -0.2) is 0 Å². The van der Waals surface area contributed by atoms with E-state index in [1.807, 2.05) is 25.1 Å². The maximum Gasteiger partial charge on any atom is 0.197 e. The molecule has 132 valence electrons. The molecule has 2 heterocycles. The summed E-state index contributed by atoms with van der Waals surface area (Å²) in [5.74, 6) is 0.592. The normalized spacial score (nSPS) is 11.6. The van der Waals surface area contributed by atoms with Crippen LogP contribution in [-0.4, -0.2) is 17.1 Å². The number of H-pyrrole nitrogens is 2. The summed E-state index contributed by atoms with van der Waals surface area (Å²) in [7, 11) is 1.57. The molecule has 0 fully saturated rings. The van der Waals surface area contributed by atoms with Crippen molar-refractivity contribution in [2.45, 2.75) is 6.92 Å². The van der Waals surface area contributed by atoms with E-state index in [1.165, 1.54) is 0 Å². The molecular formula is C22H16N2O3. The number of aromatic nitrogens is 2. The molecule has 0 atom stereocenters. The summed E-state index contributed by atoms with van der Waals surface area (Å²) in [6.07, 6.45) is 0. The summed E-state index contributed by atoms with van der Waals surface area (Å²) in [5, 5.41) is 2.28. The fourth-order valence-electron chi connectivity index (χ4n) is 3.73. The molecular weight excluding hydrogens is 340 g/mol. The lowest BCUT2D eigenvalue weighted by atomic mass is 10.0. The second-order valence-corrected chi connectivity index (χ2v) is 6.78. The Morgan fingerprint density at radius 1 is 0.741 bits per heavy atom. The number of nitrogens with one attached hydrogen (secondary N) is 2. The van der Waals surface area contributed by atoms with Crippen LogP contribution < -0.4 is 15.6 Å². The Bertz CT molecular complexity index is 1510. The molecule has 0 saturated carbocycles. The van der Waals surface area contributed by atoms with E-state index in [2.05, 4.69) is 9.97 Å². The van der Waals surface area contributed by atoms with Gasteiger partial charge in [0.1, 0.15) is 5.75 Å². The Hall–Kier alpha value is -3.60. The average Bonchev–Trinajstić information content (AvgIpc) is 2.68. The zero-order chi connectivity index (χ0) is 18.7. The number of ether oxygens (including phenoxy) is 1. The Kier molecular flexibility index (Phi) is 3.15. The van der Waals surface area contributed by atoms with E-state index in [4.69, 9.17) is 4.74 Å². The number of fused-ring (bicyclic) bond motifs is 4. The molecule has 0 bridgehead atoms. The van der Waals surface area contributed by atoms with Crippen LogP contribution in [0.5, 0.6) is 5.75 Å². The number of pyridine rings is 2. The molecule has 0 aliphatic heterocycles. The molecule has 2 N–H and O–H groups in total. The second kappa shape index (κ2) is 5.45. The minimum absolute atomic E-state index is 0.0506. The molecule has 5 aromatic rings. The van der Waals surface area contributed by atoms with E-state index in [9.17, 15) is 9.59 Å². The van der Waals surface area contributed by atoms with Gasteiger partial charge in [-0.2, -0.15) is 0 Å². The van der Waals surface area contributed by atoms with Crippen LogP contribution in [-0.2, 0) is 0 Å². The number of benzene rings is 3. The van der Waals surface area contributed by atoms with Gasteiger partial charge in [-0.3, -0.25) is 9.59 Å². The Labute approximate surface area is 153 Å². The summed E-state index contributed by atoms with van der Waals surface area (Å²) in [6.45, 7) is 1.96. The number of aromatic amines is 2. The van der Waals surface area contributed by atoms with Crippen molar-refractivity contribution in [3.8, 4) is 5.75 Å². The number of hydrogen-bond donors (Lipinski definition) is 2. The summed E-state index contributed by atoms with van der Waals surface area (Å²) in [6, 6.07) is 14.6. The molecule has 5 rings (SSSR count). The van der Waals surface area contributed by atoms with Gasteiger partial charge in [0.2, 0.25) is 0 Å². The zero-order valence-corrected chi connectivity index (χ0v) is 14.8. The summed E-state index contributed by atoms with van der Waals surface area (Å²) < 4.78 is 5.38. The van der Waals surface area contributed by atoms with Crippen molar-refractivity contribution in [3.63, 3.8) is 0 Å². The monoisotopic (exact) mass is 356 g/mol. The lowest BCUT2D eigenvalue weighted by Gasteiger charge is -2.09. The third kappa shape index (κ3) is 2.18. The molecule has 0 radical (unpaired) electrons. The third-order valence-electron chi connectivity index (χ3n) is 5.09. The van der Waals surface area contributed by atoms with Crippen molar-refractivity contribution in [2.24, 2.45) is 0 Å². The van der Waals surface area contributed by atoms with Crippen molar-refractivity contribution in [3.05, 3.63) is 74.5 Å². The molecule has 27 heavy (non-hydrogen) atoms. The number of aryl methyl sites for hydroxylation is 1. The van der Waals surface area contributed by atoms with Gasteiger partial charge in [-0.1, -0.05) is 17.7 Å². The molecule has 0 saturated heterocycles. The number of para-hydroxylation sites is 1. The van der Waals surface area contributed by atoms with Gasteiger partial charge in [-0.15, -0.1) is 0 Å². The van der Waals surface area contributed by atoms with Crippen LogP contribution in [0.15, 0.2) is 58.1 Å². The summed E-state index contributed by atoms with van der Waals surface area (Å²) >= 11 is 0. The lowest BCUT2D eigenvalue weighted by Crippen LogP contribution is -2.08. The first kappa shape index (κ1) is 15.6. The smallest absolute Gasteiger partial charge is 0.197 e. The van der Waals surface area contributed by atoms with Crippen LogP contribution in [0.2, 0.25) is 0 Å². The van der Waals surface area contributed by atoms with Gasteiger partial charge >= 0.3 is 0 Å². The predicted molar refractivity (Wildman–Crippen MR) is 109 cm³/mol. The van der Waals surface area contributed by atoms with Crippen molar-refractivity contribution >= 4 is 43.6 Å². The number of rotatable bonds is 1. The largest absolute Gasteiger partial charge is 0.495 e. The van der Waals surface area contributed by atoms with Gasteiger partial charge in [0.15, 0.2) is 10.9 Å². The van der Waals surface area contributed by atoms with E-state index < -0.39 is 0 Å². The van der Waals surface area contributed by atoms with Crippen LogP contribution in [0.3, 0.4) is 0 Å². The van der Waals surface area contributed by atoms with Crippen LogP contribution >= 0.6 is 0 Å². The molecule has 0 aliphatic rings. The van der Waals surface area contributed by atoms with E-state index in [0.717, 1.165) is 11.1 Å². The maximum absolute atomic E-state index is 13.0. The van der Waals surface area contributed by atoms with Crippen molar-refractivity contribution in [1.29, 1.82) is 0 Å². The Balaban J connectivity index is 1.99. The quantitative estimate of drug-likeness (QED) is 0.446. The lowest BCUT2D eigenvalue weighted by molar-refractivity contribution is 0.419. The summed E-state index contributed by atoms with van der Waals surface area (Å²) in [5.41, 5.74) is 3.53. The molecule has 5 nitrogen and oxygen atoms in total. The fraction of sp³-hybridized carbons (Fsp3) is 0.0909. The first-order valence-electron chi connectivity index (χ1n) is 8.66. The van der Waals surface area contributed by atoms with Gasteiger partial charge in [0.25, 0.3) is 0 Å². The topological polar surface area (TPSA) is 75.0 Å². The van der Waals surface area contributed by atoms with Crippen LogP contribution in [0.25, 0.3) is 43.6 Å². The molecule has 2 aromatic heterocycles. The van der Waals surface area contributed by atoms with Crippen molar-refractivity contribution in [2.75, 3.05) is 7.11 Å². The molecule has 3 aromatic carbocycles. The SMILES string of the molecule is COc1cccc2c(=O)c3cc4[nH]c5ccc(C)cc5c(=O)c4cc3[nH]c12.